The van der Waals surface area contributed by atoms with Crippen LogP contribution in [0.2, 0.25) is 0 Å². The van der Waals surface area contributed by atoms with Crippen molar-refractivity contribution in [3.05, 3.63) is 28.4 Å². The number of halogens is 1. The Balaban J connectivity index is 2.46. The number of H-pyrrole nitrogens is 1. The van der Waals surface area contributed by atoms with Gasteiger partial charge in [0, 0.05) is 12.0 Å². The molecule has 1 heterocycles. The van der Waals surface area contributed by atoms with Gasteiger partial charge in [0.2, 0.25) is 0 Å². The van der Waals surface area contributed by atoms with Crippen LogP contribution in [0.1, 0.15) is 12.0 Å². The van der Waals surface area contributed by atoms with E-state index in [1.54, 1.807) is 0 Å². The van der Waals surface area contributed by atoms with E-state index in [1.807, 2.05) is 12.1 Å². The van der Waals surface area contributed by atoms with Crippen molar-refractivity contribution in [1.29, 1.82) is 0 Å². The molecule has 2 N–H and O–H groups in total. The zero-order valence-corrected chi connectivity index (χ0v) is 9.21. The lowest BCUT2D eigenvalue weighted by Crippen LogP contribution is -1.90. The third-order valence-electron chi connectivity index (χ3n) is 2.23. The van der Waals surface area contributed by atoms with Gasteiger partial charge in [-0.05, 0) is 40.4 Å². The number of rotatable bonds is 3. The second-order valence-corrected chi connectivity index (χ2v) is 3.97. The highest BCUT2D eigenvalue weighted by atomic mass is 79.9. The molecule has 0 fully saturated rings. The summed E-state index contributed by atoms with van der Waals surface area (Å²) in [7, 11) is 0. The minimum Gasteiger partial charge on any atom is -0.396 e. The Labute approximate surface area is 90.3 Å². The Morgan fingerprint density at radius 3 is 3.07 bits per heavy atom. The minimum atomic E-state index is 0.228. The van der Waals surface area contributed by atoms with Crippen LogP contribution in [0.25, 0.3) is 10.9 Å². The summed E-state index contributed by atoms with van der Waals surface area (Å²) in [6.07, 6.45) is 1.67. The molecule has 0 unspecified atom stereocenters. The number of aromatic nitrogens is 2. The predicted octanol–water partition coefficient (Wildman–Crippen LogP) is 2.25. The van der Waals surface area contributed by atoms with E-state index < -0.39 is 0 Å². The first kappa shape index (κ1) is 9.68. The molecule has 1 aromatic heterocycles. The number of aromatic amines is 1. The van der Waals surface area contributed by atoms with Crippen LogP contribution in [0.5, 0.6) is 0 Å². The summed E-state index contributed by atoms with van der Waals surface area (Å²) < 4.78 is 0.918. The van der Waals surface area contributed by atoms with Crippen molar-refractivity contribution in [1.82, 2.24) is 10.2 Å². The first-order valence-electron chi connectivity index (χ1n) is 4.55. The summed E-state index contributed by atoms with van der Waals surface area (Å²) in [6.45, 7) is 0.228. The highest BCUT2D eigenvalue weighted by molar-refractivity contribution is 9.10. The molecule has 0 radical (unpaired) electrons. The minimum absolute atomic E-state index is 0.228. The number of aliphatic hydroxyl groups excluding tert-OH is 1. The Kier molecular flexibility index (Phi) is 2.84. The average molecular weight is 255 g/mol. The zero-order valence-electron chi connectivity index (χ0n) is 7.63. The zero-order chi connectivity index (χ0) is 9.97. The van der Waals surface area contributed by atoms with Crippen molar-refractivity contribution in [3.63, 3.8) is 0 Å². The molecule has 14 heavy (non-hydrogen) atoms. The molecule has 0 bridgehead atoms. The number of hydrogen-bond acceptors (Lipinski definition) is 2. The van der Waals surface area contributed by atoms with Gasteiger partial charge < -0.3 is 5.11 Å². The maximum absolute atomic E-state index is 8.78. The first-order valence-corrected chi connectivity index (χ1v) is 5.34. The van der Waals surface area contributed by atoms with Gasteiger partial charge in [0.25, 0.3) is 0 Å². The van der Waals surface area contributed by atoms with Crippen molar-refractivity contribution in [2.24, 2.45) is 0 Å². The summed E-state index contributed by atoms with van der Waals surface area (Å²) in [6, 6.07) is 6.03. The third-order valence-corrected chi connectivity index (χ3v) is 2.80. The Hall–Kier alpha value is -0.870. The van der Waals surface area contributed by atoms with E-state index in [0.717, 1.165) is 28.3 Å². The molecular formula is C10H11BrN2O. The van der Waals surface area contributed by atoms with Crippen LogP contribution in [0.15, 0.2) is 22.8 Å². The van der Waals surface area contributed by atoms with Crippen molar-refractivity contribution in [2.75, 3.05) is 6.61 Å². The lowest BCUT2D eigenvalue weighted by Gasteiger charge is -2.01. The van der Waals surface area contributed by atoms with Gasteiger partial charge in [-0.1, -0.05) is 12.1 Å². The fraction of sp³-hybridized carbons (Fsp3) is 0.300. The predicted molar refractivity (Wildman–Crippen MR) is 59.2 cm³/mol. The second kappa shape index (κ2) is 4.11. The van der Waals surface area contributed by atoms with Gasteiger partial charge in [-0.25, -0.2) is 0 Å². The van der Waals surface area contributed by atoms with E-state index in [1.165, 1.54) is 5.56 Å². The topological polar surface area (TPSA) is 48.9 Å². The molecule has 0 atom stereocenters. The summed E-state index contributed by atoms with van der Waals surface area (Å²) in [5.41, 5.74) is 2.18. The normalized spacial score (nSPS) is 11.0. The number of fused-ring (bicyclic) bond motifs is 1. The molecule has 0 aliphatic carbocycles. The van der Waals surface area contributed by atoms with Crippen LogP contribution in [-0.4, -0.2) is 21.9 Å². The lowest BCUT2D eigenvalue weighted by atomic mass is 10.1. The van der Waals surface area contributed by atoms with E-state index in [4.69, 9.17) is 5.11 Å². The maximum atomic E-state index is 8.78. The van der Waals surface area contributed by atoms with Crippen LogP contribution in [0.3, 0.4) is 0 Å². The fourth-order valence-electron chi connectivity index (χ4n) is 1.58. The highest BCUT2D eigenvalue weighted by Crippen LogP contribution is 2.25. The molecular weight excluding hydrogens is 244 g/mol. The van der Waals surface area contributed by atoms with Gasteiger partial charge in [0.05, 0.1) is 5.52 Å². The number of nitrogens with zero attached hydrogens (tertiary/aromatic N) is 1. The van der Waals surface area contributed by atoms with Gasteiger partial charge in [-0.3, -0.25) is 5.10 Å². The number of hydrogen-bond donors (Lipinski definition) is 2. The van der Waals surface area contributed by atoms with Crippen molar-refractivity contribution < 1.29 is 5.11 Å². The number of aliphatic hydroxyl groups is 1. The van der Waals surface area contributed by atoms with Crippen molar-refractivity contribution >= 4 is 26.8 Å². The molecule has 74 valence electrons. The van der Waals surface area contributed by atoms with Crippen LogP contribution >= 0.6 is 15.9 Å². The quantitative estimate of drug-likeness (QED) is 0.883. The molecule has 0 saturated carbocycles. The number of benzene rings is 1. The maximum Gasteiger partial charge on any atom is 0.109 e. The van der Waals surface area contributed by atoms with Crippen LogP contribution in [0.4, 0.5) is 0 Å². The molecule has 3 nitrogen and oxygen atoms in total. The molecule has 0 spiro atoms. The molecule has 1 aromatic carbocycles. The SMILES string of the molecule is OCCCc1cccc2n[nH]c(Br)c12. The fourth-order valence-corrected chi connectivity index (χ4v) is 2.12. The molecule has 0 aliphatic heterocycles. The molecule has 0 amide bonds. The van der Waals surface area contributed by atoms with Crippen molar-refractivity contribution in [3.8, 4) is 0 Å². The average Bonchev–Trinajstić information content (AvgIpc) is 2.58. The van der Waals surface area contributed by atoms with Gasteiger partial charge in [0.15, 0.2) is 0 Å². The molecule has 0 aliphatic rings. The van der Waals surface area contributed by atoms with Crippen LogP contribution in [0, 0.1) is 0 Å². The summed E-state index contributed by atoms with van der Waals surface area (Å²) in [5.74, 6) is 0. The van der Waals surface area contributed by atoms with Crippen molar-refractivity contribution in [2.45, 2.75) is 12.8 Å². The second-order valence-electron chi connectivity index (χ2n) is 3.18. The van der Waals surface area contributed by atoms with E-state index in [2.05, 4.69) is 32.2 Å². The van der Waals surface area contributed by atoms with Gasteiger partial charge >= 0.3 is 0 Å². The molecule has 2 aromatic rings. The van der Waals surface area contributed by atoms with Gasteiger partial charge in [0.1, 0.15) is 4.60 Å². The van der Waals surface area contributed by atoms with E-state index in [0.29, 0.717) is 0 Å². The summed E-state index contributed by atoms with van der Waals surface area (Å²) in [4.78, 5) is 0. The number of nitrogens with one attached hydrogen (secondary N) is 1. The largest absolute Gasteiger partial charge is 0.396 e. The highest BCUT2D eigenvalue weighted by Gasteiger charge is 2.06. The first-order chi connectivity index (χ1) is 6.83. The Morgan fingerprint density at radius 1 is 1.43 bits per heavy atom. The third kappa shape index (κ3) is 1.67. The number of aryl methyl sites for hydroxylation is 1. The Morgan fingerprint density at radius 2 is 2.29 bits per heavy atom. The van der Waals surface area contributed by atoms with Gasteiger partial charge in [-0.2, -0.15) is 5.10 Å². The van der Waals surface area contributed by atoms with E-state index in [9.17, 15) is 0 Å². The van der Waals surface area contributed by atoms with Crippen LogP contribution in [-0.2, 0) is 6.42 Å². The molecule has 0 saturated heterocycles. The molecule has 4 heteroatoms. The summed E-state index contributed by atoms with van der Waals surface area (Å²) >= 11 is 3.43. The smallest absolute Gasteiger partial charge is 0.109 e. The van der Waals surface area contributed by atoms with Crippen LogP contribution < -0.4 is 0 Å². The molecule has 2 rings (SSSR count). The lowest BCUT2D eigenvalue weighted by molar-refractivity contribution is 0.289. The van der Waals surface area contributed by atoms with E-state index >= 15 is 0 Å². The standard InChI is InChI=1S/C10H11BrN2O/c11-10-9-7(4-2-6-14)3-1-5-8(9)12-13-10/h1,3,5,14H,2,4,6H2,(H,12,13). The summed E-state index contributed by atoms with van der Waals surface area (Å²) in [5, 5.41) is 17.0. The van der Waals surface area contributed by atoms with Gasteiger partial charge in [-0.15, -0.1) is 0 Å². The van der Waals surface area contributed by atoms with E-state index in [-0.39, 0.29) is 6.61 Å². The monoisotopic (exact) mass is 254 g/mol. The Bertz CT molecular complexity index is 439.